The van der Waals surface area contributed by atoms with Gasteiger partial charge in [0.15, 0.2) is 11.5 Å². The van der Waals surface area contributed by atoms with Crippen molar-refractivity contribution >= 4 is 18.0 Å². The number of phenols is 1. The molecule has 7 heteroatoms. The molecule has 3 aromatic rings. The van der Waals surface area contributed by atoms with Gasteiger partial charge in [0.2, 0.25) is 5.91 Å². The van der Waals surface area contributed by atoms with Gasteiger partial charge < -0.3 is 19.5 Å². The topological polar surface area (TPSA) is 79.3 Å². The first-order valence-corrected chi connectivity index (χ1v) is 17.2. The van der Waals surface area contributed by atoms with Crippen LogP contribution in [0.25, 0.3) is 6.08 Å². The number of carbonyl (C=O) groups is 2. The Morgan fingerprint density at radius 1 is 1.11 bits per heavy atom. The number of hydrogen-bond acceptors (Lipinski definition) is 6. The zero-order chi connectivity index (χ0) is 32.9. The summed E-state index contributed by atoms with van der Waals surface area (Å²) < 4.78 is 12.8. The highest BCUT2D eigenvalue weighted by molar-refractivity contribution is 5.92. The molecule has 1 saturated heterocycles. The summed E-state index contributed by atoms with van der Waals surface area (Å²) in [6.45, 7) is 9.92. The number of ether oxygens (including phenoxy) is 2. The van der Waals surface area contributed by atoms with Crippen LogP contribution in [0.1, 0.15) is 74.0 Å². The van der Waals surface area contributed by atoms with Crippen LogP contribution in [0.2, 0.25) is 0 Å². The Balaban J connectivity index is 1.23. The fourth-order valence-corrected chi connectivity index (χ4v) is 9.25. The molecule has 6 atom stereocenters. The summed E-state index contributed by atoms with van der Waals surface area (Å²) in [5.41, 5.74) is 5.25. The number of aryl methyl sites for hydroxylation is 1. The number of esters is 1. The van der Waals surface area contributed by atoms with E-state index < -0.39 is 0 Å². The predicted molar refractivity (Wildman–Crippen MR) is 182 cm³/mol. The van der Waals surface area contributed by atoms with Crippen LogP contribution < -0.4 is 4.74 Å². The molecule has 47 heavy (non-hydrogen) atoms. The summed E-state index contributed by atoms with van der Waals surface area (Å²) >= 11 is 0. The number of rotatable bonds is 9. The van der Waals surface area contributed by atoms with E-state index in [4.69, 9.17) is 9.47 Å². The van der Waals surface area contributed by atoms with Gasteiger partial charge in [-0.2, -0.15) is 0 Å². The number of piperidine rings is 1. The normalized spacial score (nSPS) is 26.5. The molecule has 2 bridgehead atoms. The molecule has 0 radical (unpaired) electrons. The number of amides is 1. The van der Waals surface area contributed by atoms with Crippen molar-refractivity contribution in [2.75, 3.05) is 19.6 Å². The predicted octanol–water partition coefficient (Wildman–Crippen LogP) is 6.61. The molecular weight excluding hydrogens is 588 g/mol. The Labute approximate surface area is 278 Å². The van der Waals surface area contributed by atoms with Gasteiger partial charge in [0.25, 0.3) is 0 Å². The highest BCUT2D eigenvalue weighted by Gasteiger charge is 2.66. The number of hydrogen-bond donors (Lipinski definition) is 1. The van der Waals surface area contributed by atoms with Crippen molar-refractivity contribution in [2.45, 2.75) is 83.1 Å². The lowest BCUT2D eigenvalue weighted by Crippen LogP contribution is -2.69. The summed E-state index contributed by atoms with van der Waals surface area (Å²) in [7, 11) is 0. The van der Waals surface area contributed by atoms with Crippen LogP contribution in [0.4, 0.5) is 0 Å². The summed E-state index contributed by atoms with van der Waals surface area (Å²) in [4.78, 5) is 30.9. The van der Waals surface area contributed by atoms with Crippen LogP contribution in [0.15, 0.2) is 72.8 Å². The van der Waals surface area contributed by atoms with E-state index in [9.17, 15) is 14.7 Å². The highest BCUT2D eigenvalue weighted by Crippen LogP contribution is 2.64. The van der Waals surface area contributed by atoms with Crippen molar-refractivity contribution in [3.63, 3.8) is 0 Å². The van der Waals surface area contributed by atoms with Crippen LogP contribution in [0.3, 0.4) is 0 Å². The molecule has 1 unspecified atom stereocenters. The van der Waals surface area contributed by atoms with Gasteiger partial charge in [0, 0.05) is 43.1 Å². The molecule has 246 valence electrons. The van der Waals surface area contributed by atoms with Crippen molar-refractivity contribution in [1.82, 2.24) is 9.80 Å². The Kier molecular flexibility index (Phi) is 8.37. The lowest BCUT2D eigenvalue weighted by molar-refractivity contribution is -0.151. The third-order valence-electron chi connectivity index (χ3n) is 11.0. The standard InChI is InChI=1S/C40H46N2O5/c1-25(2)23-42(36(45)18-13-28-10-8-9-26(3)21-28)32-16-15-31-33-22-30-14-17-34(44)38-37(30)40(31,39(32)47-38)19-20-41(33)24-35(46-27(4)43)29-11-6-5-7-12-29/h5-14,17-18,21,25,31-33,35,39,44H,15-16,19-20,22-24H2,1-4H3/t31-,32-,33+,35?,39-,40-/m0/s1. The minimum atomic E-state index is -0.356. The fourth-order valence-electron chi connectivity index (χ4n) is 9.25. The van der Waals surface area contributed by atoms with Gasteiger partial charge in [-0.3, -0.25) is 14.5 Å². The first-order chi connectivity index (χ1) is 22.7. The lowest BCUT2D eigenvalue weighted by atomic mass is 9.51. The number of benzene rings is 3. The maximum absolute atomic E-state index is 14.1. The van der Waals surface area contributed by atoms with E-state index in [1.165, 1.54) is 18.1 Å². The van der Waals surface area contributed by atoms with Crippen LogP contribution in [-0.4, -0.2) is 64.6 Å². The summed E-state index contributed by atoms with van der Waals surface area (Å²) in [6, 6.07) is 22.2. The molecule has 1 saturated carbocycles. The third-order valence-corrected chi connectivity index (χ3v) is 11.0. The molecule has 0 aromatic heterocycles. The number of carbonyl (C=O) groups excluding carboxylic acids is 2. The zero-order valence-corrected chi connectivity index (χ0v) is 27.9. The van der Waals surface area contributed by atoms with Gasteiger partial charge in [0.1, 0.15) is 12.2 Å². The first kappa shape index (κ1) is 31.5. The van der Waals surface area contributed by atoms with Crippen LogP contribution in [-0.2, 0) is 26.2 Å². The Morgan fingerprint density at radius 3 is 2.66 bits per heavy atom. The average Bonchev–Trinajstić information content (AvgIpc) is 3.40. The zero-order valence-electron chi connectivity index (χ0n) is 27.9. The number of phenolic OH excluding ortho intramolecular Hbond substituents is 1. The first-order valence-electron chi connectivity index (χ1n) is 17.2. The second kappa shape index (κ2) is 12.5. The second-order valence-corrected chi connectivity index (χ2v) is 14.4. The van der Waals surface area contributed by atoms with Crippen LogP contribution in [0.5, 0.6) is 11.5 Å². The molecule has 2 fully saturated rings. The summed E-state index contributed by atoms with van der Waals surface area (Å²) in [5, 5.41) is 11.1. The van der Waals surface area contributed by atoms with E-state index in [0.29, 0.717) is 24.8 Å². The number of aromatic hydroxyl groups is 1. The van der Waals surface area contributed by atoms with Crippen LogP contribution >= 0.6 is 0 Å². The average molecular weight is 635 g/mol. The van der Waals surface area contributed by atoms with Crippen molar-refractivity contribution in [3.8, 4) is 11.5 Å². The Morgan fingerprint density at radius 2 is 1.91 bits per heavy atom. The van der Waals surface area contributed by atoms with E-state index in [1.54, 1.807) is 12.1 Å². The quantitative estimate of drug-likeness (QED) is 0.211. The lowest BCUT2D eigenvalue weighted by Gasteiger charge is -2.60. The molecule has 1 amide bonds. The molecule has 1 N–H and O–H groups in total. The highest BCUT2D eigenvalue weighted by atomic mass is 16.5. The molecule has 2 aliphatic carbocycles. The maximum Gasteiger partial charge on any atom is 0.303 e. The van der Waals surface area contributed by atoms with Crippen LogP contribution in [0, 0.1) is 18.8 Å². The molecule has 1 spiro atoms. The summed E-state index contributed by atoms with van der Waals surface area (Å²) in [6.07, 6.45) is 6.52. The molecule has 7 nitrogen and oxygen atoms in total. The van der Waals surface area contributed by atoms with E-state index in [0.717, 1.165) is 48.9 Å². The largest absolute Gasteiger partial charge is 0.504 e. The molecular formula is C40H46N2O5. The van der Waals surface area contributed by atoms with Crippen molar-refractivity contribution in [3.05, 3.63) is 101 Å². The number of nitrogens with zero attached hydrogens (tertiary/aromatic N) is 2. The molecule has 2 heterocycles. The van der Waals surface area contributed by atoms with Gasteiger partial charge in [-0.05, 0) is 79.8 Å². The SMILES string of the molecule is CC(=O)OC(CN1CC[C@]23c4c5ccc(O)c4O[C@H]2[C@@H](N(CC(C)C)C(=O)C=Cc2cccc(C)c2)CC[C@H]3[C@H]1C5)c1ccccc1. The maximum atomic E-state index is 14.1. The van der Waals surface area contributed by atoms with Gasteiger partial charge in [-0.1, -0.05) is 80.1 Å². The molecule has 4 aliphatic rings. The third kappa shape index (κ3) is 5.62. The van der Waals surface area contributed by atoms with E-state index in [-0.39, 0.29) is 53.3 Å². The van der Waals surface area contributed by atoms with Gasteiger partial charge in [-0.15, -0.1) is 0 Å². The molecule has 7 rings (SSSR count). The van der Waals surface area contributed by atoms with Crippen molar-refractivity contribution in [2.24, 2.45) is 11.8 Å². The second-order valence-electron chi connectivity index (χ2n) is 14.4. The molecule has 3 aromatic carbocycles. The van der Waals surface area contributed by atoms with E-state index in [1.807, 2.05) is 48.5 Å². The minimum Gasteiger partial charge on any atom is -0.504 e. The number of likely N-dealkylation sites (tertiary alicyclic amines) is 1. The monoisotopic (exact) mass is 634 g/mol. The van der Waals surface area contributed by atoms with Gasteiger partial charge >= 0.3 is 5.97 Å². The van der Waals surface area contributed by atoms with E-state index >= 15 is 0 Å². The summed E-state index contributed by atoms with van der Waals surface area (Å²) in [5.74, 6) is 1.10. The Bertz CT molecular complexity index is 1690. The molecule has 2 aliphatic heterocycles. The van der Waals surface area contributed by atoms with Gasteiger partial charge in [0.05, 0.1) is 6.04 Å². The smallest absolute Gasteiger partial charge is 0.303 e. The van der Waals surface area contributed by atoms with Crippen molar-refractivity contribution < 1.29 is 24.2 Å². The Hall–Kier alpha value is -4.10. The fraction of sp³-hybridized carbons (Fsp3) is 0.450. The minimum absolute atomic E-state index is 0.000868. The van der Waals surface area contributed by atoms with Gasteiger partial charge in [-0.25, -0.2) is 0 Å². The van der Waals surface area contributed by atoms with Crippen molar-refractivity contribution in [1.29, 1.82) is 0 Å². The van der Waals surface area contributed by atoms with E-state index in [2.05, 4.69) is 48.8 Å².